The van der Waals surface area contributed by atoms with Gasteiger partial charge in [-0.3, -0.25) is 0 Å². The summed E-state index contributed by atoms with van der Waals surface area (Å²) in [6, 6.07) is 4.87. The number of hydrogen-bond acceptors (Lipinski definition) is 4. The van der Waals surface area contributed by atoms with Gasteiger partial charge >= 0.3 is 0 Å². The van der Waals surface area contributed by atoms with Crippen LogP contribution in [0.4, 0.5) is 11.4 Å². The third-order valence-corrected chi connectivity index (χ3v) is 4.42. The topological polar surface area (TPSA) is 89.4 Å². The van der Waals surface area contributed by atoms with E-state index in [2.05, 4.69) is 18.7 Å². The quantitative estimate of drug-likeness (QED) is 0.792. The lowest BCUT2D eigenvalue weighted by Gasteiger charge is -2.34. The predicted octanol–water partition coefficient (Wildman–Crippen LogP) is 1.30. The van der Waals surface area contributed by atoms with Crippen molar-refractivity contribution >= 4 is 21.4 Å². The average molecular weight is 269 g/mol. The fourth-order valence-corrected chi connectivity index (χ4v) is 3.31. The van der Waals surface area contributed by atoms with Gasteiger partial charge in [0, 0.05) is 17.8 Å². The first-order valence-electron chi connectivity index (χ1n) is 5.92. The molecule has 5 nitrogen and oxygen atoms in total. The fraction of sp³-hybridized carbons (Fsp3) is 0.500. The molecule has 0 aliphatic carbocycles. The van der Waals surface area contributed by atoms with Crippen molar-refractivity contribution in [2.45, 2.75) is 37.1 Å². The molecule has 0 atom stereocenters. The standard InChI is InChI=1S/C12H19N3O2S/c1-12(2)6-3-7-15(12)10-5-4-9(13)8-11(10)18(14,16)17/h4-5,8H,3,6-7,13H2,1-2H3,(H2,14,16,17). The number of benzene rings is 1. The maximum Gasteiger partial charge on any atom is 0.240 e. The van der Waals surface area contributed by atoms with Crippen LogP contribution in [0.5, 0.6) is 0 Å². The molecule has 6 heteroatoms. The Hall–Kier alpha value is -1.27. The zero-order chi connectivity index (χ0) is 13.6. The number of nitrogens with two attached hydrogens (primary N) is 2. The van der Waals surface area contributed by atoms with Gasteiger partial charge in [-0.1, -0.05) is 0 Å². The molecule has 1 heterocycles. The smallest absolute Gasteiger partial charge is 0.240 e. The summed E-state index contributed by atoms with van der Waals surface area (Å²) in [5, 5.41) is 5.27. The van der Waals surface area contributed by atoms with Crippen molar-refractivity contribution in [3.05, 3.63) is 18.2 Å². The van der Waals surface area contributed by atoms with Crippen molar-refractivity contribution in [1.29, 1.82) is 0 Å². The summed E-state index contributed by atoms with van der Waals surface area (Å²) in [4.78, 5) is 2.20. The van der Waals surface area contributed by atoms with Crippen LogP contribution < -0.4 is 15.8 Å². The molecular formula is C12H19N3O2S. The van der Waals surface area contributed by atoms with Crippen LogP contribution in [0.1, 0.15) is 26.7 Å². The van der Waals surface area contributed by atoms with Crippen molar-refractivity contribution < 1.29 is 8.42 Å². The lowest BCUT2D eigenvalue weighted by Crippen LogP contribution is -2.39. The number of rotatable bonds is 2. The van der Waals surface area contributed by atoms with E-state index in [1.165, 1.54) is 6.07 Å². The van der Waals surface area contributed by atoms with Gasteiger partial charge in [0.15, 0.2) is 0 Å². The maximum absolute atomic E-state index is 11.7. The molecule has 2 rings (SSSR count). The Labute approximate surface area is 108 Å². The Morgan fingerprint density at radius 3 is 2.50 bits per heavy atom. The zero-order valence-electron chi connectivity index (χ0n) is 10.7. The molecule has 1 fully saturated rings. The molecule has 0 bridgehead atoms. The Morgan fingerprint density at radius 1 is 1.33 bits per heavy atom. The average Bonchev–Trinajstić information content (AvgIpc) is 2.57. The second-order valence-corrected chi connectivity index (χ2v) is 6.87. The van der Waals surface area contributed by atoms with E-state index in [9.17, 15) is 8.42 Å². The van der Waals surface area contributed by atoms with E-state index in [0.717, 1.165) is 19.4 Å². The second-order valence-electron chi connectivity index (χ2n) is 5.34. The van der Waals surface area contributed by atoms with Crippen molar-refractivity contribution in [2.75, 3.05) is 17.2 Å². The first-order chi connectivity index (χ1) is 8.22. The highest BCUT2D eigenvalue weighted by Gasteiger charge is 2.34. The summed E-state index contributed by atoms with van der Waals surface area (Å²) in [5.41, 5.74) is 6.64. The molecule has 1 aliphatic heterocycles. The molecule has 1 saturated heterocycles. The summed E-state index contributed by atoms with van der Waals surface area (Å²) in [7, 11) is -3.77. The number of anilines is 2. The van der Waals surface area contributed by atoms with Crippen LogP contribution >= 0.6 is 0 Å². The molecule has 1 aromatic carbocycles. The molecule has 4 N–H and O–H groups in total. The zero-order valence-corrected chi connectivity index (χ0v) is 11.5. The number of sulfonamides is 1. The maximum atomic E-state index is 11.7. The van der Waals surface area contributed by atoms with E-state index in [4.69, 9.17) is 10.9 Å². The summed E-state index contributed by atoms with van der Waals surface area (Å²) in [6.45, 7) is 5.03. The van der Waals surface area contributed by atoms with Crippen LogP contribution in [0.2, 0.25) is 0 Å². The van der Waals surface area contributed by atoms with Crippen LogP contribution in [-0.2, 0) is 10.0 Å². The number of primary sulfonamides is 1. The molecule has 0 amide bonds. The Balaban J connectivity index is 2.58. The Morgan fingerprint density at radius 2 is 2.00 bits per heavy atom. The lowest BCUT2D eigenvalue weighted by molar-refractivity contribution is 0.515. The highest BCUT2D eigenvalue weighted by atomic mass is 32.2. The van der Waals surface area contributed by atoms with Crippen molar-refractivity contribution in [3.63, 3.8) is 0 Å². The number of nitrogen functional groups attached to an aromatic ring is 1. The largest absolute Gasteiger partial charge is 0.399 e. The van der Waals surface area contributed by atoms with Gasteiger partial charge in [0.25, 0.3) is 0 Å². The highest BCUT2D eigenvalue weighted by molar-refractivity contribution is 7.89. The molecule has 18 heavy (non-hydrogen) atoms. The van der Waals surface area contributed by atoms with E-state index >= 15 is 0 Å². The van der Waals surface area contributed by atoms with Gasteiger partial charge in [-0.2, -0.15) is 0 Å². The van der Waals surface area contributed by atoms with E-state index in [0.29, 0.717) is 11.4 Å². The van der Waals surface area contributed by atoms with Crippen LogP contribution in [0.15, 0.2) is 23.1 Å². The van der Waals surface area contributed by atoms with Gasteiger partial charge < -0.3 is 10.6 Å². The lowest BCUT2D eigenvalue weighted by atomic mass is 10.0. The minimum atomic E-state index is -3.77. The first kappa shape index (κ1) is 13.2. The van der Waals surface area contributed by atoms with Gasteiger partial charge in [-0.05, 0) is 44.9 Å². The SMILES string of the molecule is CC1(C)CCCN1c1ccc(N)cc1S(N)(=O)=O. The number of nitrogens with zero attached hydrogens (tertiary/aromatic N) is 1. The molecule has 0 aromatic heterocycles. The summed E-state index contributed by atoms with van der Waals surface area (Å²) >= 11 is 0. The van der Waals surface area contributed by atoms with Crippen molar-refractivity contribution in [2.24, 2.45) is 5.14 Å². The van der Waals surface area contributed by atoms with Crippen LogP contribution in [0.3, 0.4) is 0 Å². The molecule has 1 aliphatic rings. The predicted molar refractivity (Wildman–Crippen MR) is 72.9 cm³/mol. The van der Waals surface area contributed by atoms with Crippen molar-refractivity contribution in [1.82, 2.24) is 0 Å². The number of hydrogen-bond donors (Lipinski definition) is 2. The summed E-state index contributed by atoms with van der Waals surface area (Å²) in [6.07, 6.45) is 2.07. The molecule has 1 aromatic rings. The molecular weight excluding hydrogens is 250 g/mol. The highest BCUT2D eigenvalue weighted by Crippen LogP contribution is 2.37. The van der Waals surface area contributed by atoms with E-state index in [1.54, 1.807) is 12.1 Å². The Bertz CT molecular complexity index is 567. The normalized spacial score (nSPS) is 19.2. The van der Waals surface area contributed by atoms with Crippen LogP contribution in [0, 0.1) is 0 Å². The summed E-state index contributed by atoms with van der Waals surface area (Å²) in [5.74, 6) is 0. The molecule has 100 valence electrons. The third-order valence-electron chi connectivity index (χ3n) is 3.48. The Kier molecular flexibility index (Phi) is 3.03. The minimum absolute atomic E-state index is 0.0600. The van der Waals surface area contributed by atoms with Gasteiger partial charge in [0.1, 0.15) is 4.90 Å². The van der Waals surface area contributed by atoms with Gasteiger partial charge in [0.2, 0.25) is 10.0 Å². The van der Waals surface area contributed by atoms with Crippen LogP contribution in [0.25, 0.3) is 0 Å². The van der Waals surface area contributed by atoms with Crippen LogP contribution in [-0.4, -0.2) is 20.5 Å². The van der Waals surface area contributed by atoms with Gasteiger partial charge in [-0.25, -0.2) is 13.6 Å². The summed E-state index contributed by atoms with van der Waals surface area (Å²) < 4.78 is 23.3. The second kappa shape index (κ2) is 4.13. The minimum Gasteiger partial charge on any atom is -0.399 e. The van der Waals surface area contributed by atoms with Gasteiger partial charge in [-0.15, -0.1) is 0 Å². The van der Waals surface area contributed by atoms with E-state index in [-0.39, 0.29) is 10.4 Å². The monoisotopic (exact) mass is 269 g/mol. The van der Waals surface area contributed by atoms with Gasteiger partial charge in [0.05, 0.1) is 5.69 Å². The molecule has 0 saturated carbocycles. The molecule has 0 unspecified atom stereocenters. The van der Waals surface area contributed by atoms with Crippen molar-refractivity contribution in [3.8, 4) is 0 Å². The molecule has 0 spiro atoms. The first-order valence-corrected chi connectivity index (χ1v) is 7.46. The third kappa shape index (κ3) is 2.30. The van der Waals surface area contributed by atoms with E-state index in [1.807, 2.05) is 0 Å². The fourth-order valence-electron chi connectivity index (χ4n) is 2.54. The van der Waals surface area contributed by atoms with E-state index < -0.39 is 10.0 Å². The molecule has 0 radical (unpaired) electrons.